The van der Waals surface area contributed by atoms with E-state index in [0.29, 0.717) is 13.0 Å². The lowest BCUT2D eigenvalue weighted by Gasteiger charge is -2.15. The maximum atomic E-state index is 12.7. The van der Waals surface area contributed by atoms with Crippen LogP contribution < -0.4 is 20.0 Å². The Kier molecular flexibility index (Phi) is 8.08. The third-order valence-corrected chi connectivity index (χ3v) is 5.99. The molecule has 0 aliphatic carbocycles. The summed E-state index contributed by atoms with van der Waals surface area (Å²) in [5, 5.41) is 11.9. The molecule has 170 valence electrons. The molecule has 0 bridgehead atoms. The number of hydroxylamine groups is 2. The molecule has 0 heterocycles. The molecule has 3 N–H and O–H groups in total. The lowest BCUT2D eigenvalue weighted by Crippen LogP contribution is -2.39. The molecule has 2 aromatic rings. The van der Waals surface area contributed by atoms with E-state index in [1.165, 1.54) is 30.3 Å². The molecule has 2 aromatic carbocycles. The highest BCUT2D eigenvalue weighted by Crippen LogP contribution is 2.31. The normalized spacial score (nSPS) is 12.3. The summed E-state index contributed by atoms with van der Waals surface area (Å²) in [6.07, 6.45) is 1.68. The maximum Gasteiger partial charge on any atom is 0.339 e. The zero-order valence-electron chi connectivity index (χ0n) is 17.0. The minimum Gasteiger partial charge on any atom is -0.408 e. The first kappa shape index (κ1) is 24.2. The molecule has 11 nitrogen and oxygen atoms in total. The Balaban J connectivity index is 2.25. The van der Waals surface area contributed by atoms with E-state index in [9.17, 15) is 16.8 Å². The Morgan fingerprint density at radius 2 is 1.74 bits per heavy atom. The van der Waals surface area contributed by atoms with E-state index in [1.807, 2.05) is 6.92 Å². The van der Waals surface area contributed by atoms with Gasteiger partial charge in [0.15, 0.2) is 21.3 Å². The van der Waals surface area contributed by atoms with Crippen LogP contribution in [0.1, 0.15) is 18.9 Å². The zero-order valence-corrected chi connectivity index (χ0v) is 18.7. The van der Waals surface area contributed by atoms with Gasteiger partial charge in [0, 0.05) is 6.26 Å². The average molecular weight is 474 g/mol. The molecule has 0 aliphatic heterocycles. The Morgan fingerprint density at radius 3 is 2.39 bits per heavy atom. The fourth-order valence-electron chi connectivity index (χ4n) is 2.18. The lowest BCUT2D eigenvalue weighted by molar-refractivity contribution is 0.0720. The van der Waals surface area contributed by atoms with Gasteiger partial charge in [0.2, 0.25) is 0 Å². The van der Waals surface area contributed by atoms with Crippen molar-refractivity contribution in [3.05, 3.63) is 48.0 Å². The molecule has 0 atom stereocenters. The van der Waals surface area contributed by atoms with Crippen molar-refractivity contribution in [2.45, 2.75) is 30.1 Å². The van der Waals surface area contributed by atoms with Crippen LogP contribution in [0.2, 0.25) is 0 Å². The summed E-state index contributed by atoms with van der Waals surface area (Å²) < 4.78 is 54.0. The van der Waals surface area contributed by atoms with Gasteiger partial charge in [0.25, 0.3) is 5.96 Å². The Hall–Kier alpha value is -3.03. The molecule has 0 saturated carbocycles. The van der Waals surface area contributed by atoms with E-state index in [1.54, 1.807) is 13.0 Å². The molecular weight excluding hydrogens is 450 g/mol. The van der Waals surface area contributed by atoms with Crippen LogP contribution in [0.3, 0.4) is 0 Å². The number of sulfone groups is 1. The third kappa shape index (κ3) is 7.01. The van der Waals surface area contributed by atoms with E-state index in [4.69, 9.17) is 19.1 Å². The molecule has 0 fully saturated rings. The van der Waals surface area contributed by atoms with Gasteiger partial charge in [-0.3, -0.25) is 4.84 Å². The summed E-state index contributed by atoms with van der Waals surface area (Å²) >= 11 is 0. The van der Waals surface area contributed by atoms with Gasteiger partial charge in [-0.2, -0.15) is 13.9 Å². The lowest BCUT2D eigenvalue weighted by atomic mass is 10.2. The first-order valence-electron chi connectivity index (χ1n) is 8.95. The summed E-state index contributed by atoms with van der Waals surface area (Å²) in [4.78, 5) is 9.78. The zero-order chi connectivity index (χ0) is 23.1. The number of nitrogens with one attached hydrogen (secondary N) is 2. The fraction of sp³-hybridized carbons (Fsp3) is 0.278. The number of oxime groups is 1. The minimum absolute atomic E-state index is 0.0405. The van der Waals surface area contributed by atoms with E-state index in [0.717, 1.165) is 17.9 Å². The van der Waals surface area contributed by atoms with Crippen molar-refractivity contribution in [3.63, 3.8) is 0 Å². The largest absolute Gasteiger partial charge is 0.408 e. The van der Waals surface area contributed by atoms with Gasteiger partial charge < -0.3 is 14.2 Å². The van der Waals surface area contributed by atoms with Crippen molar-refractivity contribution in [2.75, 3.05) is 12.9 Å². The summed E-state index contributed by atoms with van der Waals surface area (Å²) in [5.74, 6) is -0.513. The molecule has 0 aliphatic rings. The van der Waals surface area contributed by atoms with E-state index in [-0.39, 0.29) is 27.2 Å². The van der Waals surface area contributed by atoms with Crippen LogP contribution in [0.5, 0.6) is 11.5 Å². The monoisotopic (exact) mass is 473 g/mol. The smallest absolute Gasteiger partial charge is 0.339 e. The Bertz CT molecular complexity index is 1150. The molecule has 0 aromatic heterocycles. The molecule has 2 rings (SSSR count). The van der Waals surface area contributed by atoms with Crippen LogP contribution in [-0.2, 0) is 24.8 Å². The van der Waals surface area contributed by atoms with Gasteiger partial charge in [0.1, 0.15) is 4.90 Å². The second-order valence-electron chi connectivity index (χ2n) is 6.34. The number of benzene rings is 2. The molecule has 0 radical (unpaired) electrons. The van der Waals surface area contributed by atoms with Crippen LogP contribution in [0.25, 0.3) is 0 Å². The highest BCUT2D eigenvalue weighted by atomic mass is 32.2. The molecular formula is C18H23N3O8S2. The predicted molar refractivity (Wildman–Crippen MR) is 111 cm³/mol. The number of hydrogen-bond donors (Lipinski definition) is 3. The quantitative estimate of drug-likeness (QED) is 0.123. The molecule has 13 heteroatoms. The summed E-state index contributed by atoms with van der Waals surface area (Å²) in [6.45, 7) is 3.96. The van der Waals surface area contributed by atoms with Gasteiger partial charge in [-0.1, -0.05) is 19.1 Å². The molecule has 0 amide bonds. The SMILES string of the molecule is CCCONC(=NO)NOc1cc(C)ccc1OS(=O)(=O)c1cccc(S(C)(=O)=O)c1. The maximum absolute atomic E-state index is 12.7. The fourth-order valence-corrected chi connectivity index (χ4v) is 3.91. The second-order valence-corrected chi connectivity index (χ2v) is 9.90. The summed E-state index contributed by atoms with van der Waals surface area (Å²) in [7, 11) is -8.00. The van der Waals surface area contributed by atoms with Gasteiger partial charge >= 0.3 is 10.1 Å². The van der Waals surface area contributed by atoms with Crippen LogP contribution in [-0.4, -0.2) is 40.9 Å². The highest BCUT2D eigenvalue weighted by Gasteiger charge is 2.22. The molecule has 0 unspecified atom stereocenters. The van der Waals surface area contributed by atoms with E-state index >= 15 is 0 Å². The van der Waals surface area contributed by atoms with Crippen molar-refractivity contribution in [1.82, 2.24) is 11.0 Å². The second kappa shape index (κ2) is 10.3. The first-order valence-corrected chi connectivity index (χ1v) is 12.2. The molecule has 0 saturated heterocycles. The number of nitrogens with zero attached hydrogens (tertiary/aromatic N) is 1. The van der Waals surface area contributed by atoms with Gasteiger partial charge in [-0.05, 0) is 54.4 Å². The van der Waals surface area contributed by atoms with Crippen molar-refractivity contribution < 1.29 is 35.9 Å². The topological polar surface area (TPSA) is 153 Å². The molecule has 31 heavy (non-hydrogen) atoms. The number of aryl methyl sites for hydroxylation is 1. The van der Waals surface area contributed by atoms with E-state index in [2.05, 4.69) is 16.1 Å². The number of guanidine groups is 1. The van der Waals surface area contributed by atoms with Gasteiger partial charge in [-0.15, -0.1) is 0 Å². The average Bonchev–Trinajstić information content (AvgIpc) is 2.71. The van der Waals surface area contributed by atoms with E-state index < -0.39 is 20.0 Å². The predicted octanol–water partition coefficient (Wildman–Crippen LogP) is 1.73. The standard InChI is InChI=1S/C18H23N3O8S2/c1-4-10-27-20-18(19-22)21-28-17-11-13(2)8-9-16(17)29-31(25,26)15-7-5-6-14(12-15)30(3,23)24/h5-9,11-12,22H,4,10H2,1-3H3,(H2,19,20,21). The number of hydrogen-bond acceptors (Lipinski definition) is 9. The number of rotatable bonds is 9. The Morgan fingerprint density at radius 1 is 1.03 bits per heavy atom. The van der Waals surface area contributed by atoms with Crippen LogP contribution in [0.15, 0.2) is 57.4 Å². The van der Waals surface area contributed by atoms with Gasteiger partial charge in [-0.25, -0.2) is 13.9 Å². The highest BCUT2D eigenvalue weighted by molar-refractivity contribution is 7.90. The third-order valence-electron chi connectivity index (χ3n) is 3.65. The van der Waals surface area contributed by atoms with Crippen LogP contribution in [0, 0.1) is 6.92 Å². The first-order chi connectivity index (χ1) is 14.6. The van der Waals surface area contributed by atoms with Crippen molar-refractivity contribution >= 4 is 25.9 Å². The summed E-state index contributed by atoms with van der Waals surface area (Å²) in [6, 6.07) is 9.22. The van der Waals surface area contributed by atoms with Crippen molar-refractivity contribution in [3.8, 4) is 11.5 Å². The van der Waals surface area contributed by atoms with Crippen molar-refractivity contribution in [2.24, 2.45) is 5.16 Å². The minimum atomic E-state index is -4.39. The van der Waals surface area contributed by atoms with Gasteiger partial charge in [0.05, 0.1) is 11.5 Å². The van der Waals surface area contributed by atoms with Crippen LogP contribution in [0.4, 0.5) is 0 Å². The van der Waals surface area contributed by atoms with Crippen LogP contribution >= 0.6 is 0 Å². The molecule has 0 spiro atoms. The Labute approximate surface area is 180 Å². The van der Waals surface area contributed by atoms with Crippen molar-refractivity contribution in [1.29, 1.82) is 0 Å². The summed E-state index contributed by atoms with van der Waals surface area (Å²) in [5.41, 5.74) is 5.31.